The summed E-state index contributed by atoms with van der Waals surface area (Å²) >= 11 is 0. The highest BCUT2D eigenvalue weighted by molar-refractivity contribution is 7.92. The van der Waals surface area contributed by atoms with Crippen LogP contribution in [0, 0.1) is 6.92 Å². The van der Waals surface area contributed by atoms with Crippen LogP contribution in [0.1, 0.15) is 42.0 Å². The standard InChI is InChI=1S/C21H23N3O5S/c1-14-6-3-4-9-17(14)19-13-18(22-24(19)20(25)10-11-21(26)27)15-7-5-8-16(12-15)23-30(2,28)29/h3-9,12,19,23H,10-11,13H2,1-2H3,(H,26,27)/t19-/m0/s1. The molecule has 3 rings (SSSR count). The Morgan fingerprint density at radius 1 is 1.17 bits per heavy atom. The van der Waals surface area contributed by atoms with Gasteiger partial charge in [0.1, 0.15) is 0 Å². The molecule has 0 fully saturated rings. The van der Waals surface area contributed by atoms with Gasteiger partial charge in [-0.05, 0) is 35.7 Å². The van der Waals surface area contributed by atoms with Gasteiger partial charge < -0.3 is 5.11 Å². The largest absolute Gasteiger partial charge is 0.481 e. The Balaban J connectivity index is 1.95. The van der Waals surface area contributed by atoms with Crippen LogP contribution >= 0.6 is 0 Å². The van der Waals surface area contributed by atoms with Crippen LogP contribution in [0.3, 0.4) is 0 Å². The lowest BCUT2D eigenvalue weighted by Crippen LogP contribution is -2.27. The molecule has 0 unspecified atom stereocenters. The Hall–Kier alpha value is -3.20. The number of aliphatic carboxylic acids is 1. The first-order chi connectivity index (χ1) is 14.1. The number of carbonyl (C=O) groups is 2. The third-order valence-corrected chi connectivity index (χ3v) is 5.37. The van der Waals surface area contributed by atoms with Crippen molar-refractivity contribution in [3.63, 3.8) is 0 Å². The van der Waals surface area contributed by atoms with Gasteiger partial charge in [0.2, 0.25) is 15.9 Å². The van der Waals surface area contributed by atoms with Gasteiger partial charge in [-0.2, -0.15) is 5.10 Å². The molecule has 0 bridgehead atoms. The van der Waals surface area contributed by atoms with E-state index in [1.54, 1.807) is 24.3 Å². The fourth-order valence-electron chi connectivity index (χ4n) is 3.42. The van der Waals surface area contributed by atoms with Crippen molar-refractivity contribution in [3.05, 3.63) is 65.2 Å². The van der Waals surface area contributed by atoms with Crippen molar-refractivity contribution in [2.45, 2.75) is 32.2 Å². The van der Waals surface area contributed by atoms with Crippen molar-refractivity contribution >= 4 is 33.3 Å². The second-order valence-corrected chi connectivity index (χ2v) is 8.96. The van der Waals surface area contributed by atoms with Crippen molar-refractivity contribution < 1.29 is 23.1 Å². The molecule has 0 spiro atoms. The van der Waals surface area contributed by atoms with Gasteiger partial charge >= 0.3 is 5.97 Å². The normalized spacial score (nSPS) is 16.3. The number of carboxylic acid groups (broad SMARTS) is 1. The molecule has 0 saturated heterocycles. The van der Waals surface area contributed by atoms with Gasteiger partial charge in [-0.25, -0.2) is 13.4 Å². The zero-order valence-corrected chi connectivity index (χ0v) is 17.5. The molecule has 0 aliphatic carbocycles. The second-order valence-electron chi connectivity index (χ2n) is 7.21. The van der Waals surface area contributed by atoms with Gasteiger partial charge in [-0.15, -0.1) is 0 Å². The molecule has 0 radical (unpaired) electrons. The summed E-state index contributed by atoms with van der Waals surface area (Å²) in [6.07, 6.45) is 1.09. The summed E-state index contributed by atoms with van der Waals surface area (Å²) in [5.41, 5.74) is 3.66. The topological polar surface area (TPSA) is 116 Å². The van der Waals surface area contributed by atoms with Crippen molar-refractivity contribution in [1.29, 1.82) is 0 Å². The number of sulfonamides is 1. The van der Waals surface area contributed by atoms with Crippen LogP contribution in [0.15, 0.2) is 53.6 Å². The maximum absolute atomic E-state index is 12.7. The number of aryl methyl sites for hydroxylation is 1. The lowest BCUT2D eigenvalue weighted by molar-refractivity contribution is -0.141. The third kappa shape index (κ3) is 5.24. The van der Waals surface area contributed by atoms with Gasteiger partial charge in [-0.1, -0.05) is 36.4 Å². The highest BCUT2D eigenvalue weighted by atomic mass is 32.2. The van der Waals surface area contributed by atoms with Gasteiger partial charge in [-0.3, -0.25) is 14.3 Å². The van der Waals surface area contributed by atoms with Crippen molar-refractivity contribution in [1.82, 2.24) is 5.01 Å². The smallest absolute Gasteiger partial charge is 0.303 e. The first-order valence-electron chi connectivity index (χ1n) is 9.39. The minimum Gasteiger partial charge on any atom is -0.481 e. The fraction of sp³-hybridized carbons (Fsp3) is 0.286. The van der Waals surface area contributed by atoms with E-state index in [4.69, 9.17) is 5.11 Å². The lowest BCUT2D eigenvalue weighted by Gasteiger charge is -2.23. The molecule has 158 valence electrons. The van der Waals surface area contributed by atoms with E-state index in [1.165, 1.54) is 5.01 Å². The van der Waals surface area contributed by atoms with E-state index < -0.39 is 16.0 Å². The minimum absolute atomic E-state index is 0.149. The van der Waals surface area contributed by atoms with E-state index in [1.807, 2.05) is 31.2 Å². The van der Waals surface area contributed by atoms with E-state index in [-0.39, 0.29) is 24.8 Å². The number of nitrogens with one attached hydrogen (secondary N) is 1. The fourth-order valence-corrected chi connectivity index (χ4v) is 3.98. The average molecular weight is 429 g/mol. The maximum Gasteiger partial charge on any atom is 0.303 e. The molecule has 1 amide bonds. The van der Waals surface area contributed by atoms with Crippen molar-refractivity contribution in [2.75, 3.05) is 11.0 Å². The molecule has 2 aromatic rings. The van der Waals surface area contributed by atoms with Crippen LogP contribution < -0.4 is 4.72 Å². The molecule has 0 saturated carbocycles. The highest BCUT2D eigenvalue weighted by Crippen LogP contribution is 2.35. The molecule has 9 heteroatoms. The van der Waals surface area contributed by atoms with Crippen LogP contribution in [-0.2, 0) is 19.6 Å². The number of carboxylic acids is 1. The first kappa shape index (κ1) is 21.5. The molecule has 1 aliphatic rings. The molecule has 1 heterocycles. The summed E-state index contributed by atoms with van der Waals surface area (Å²) in [4.78, 5) is 23.6. The van der Waals surface area contributed by atoms with E-state index >= 15 is 0 Å². The molecular weight excluding hydrogens is 406 g/mol. The van der Waals surface area contributed by atoms with E-state index in [9.17, 15) is 18.0 Å². The minimum atomic E-state index is -3.43. The van der Waals surface area contributed by atoms with E-state index in [0.717, 1.165) is 17.4 Å². The summed E-state index contributed by atoms with van der Waals surface area (Å²) in [5.74, 6) is -1.41. The summed E-state index contributed by atoms with van der Waals surface area (Å²) in [6.45, 7) is 1.95. The monoisotopic (exact) mass is 429 g/mol. The van der Waals surface area contributed by atoms with Gasteiger partial charge in [0.15, 0.2) is 0 Å². The number of amides is 1. The van der Waals surface area contributed by atoms with Crippen molar-refractivity contribution in [3.8, 4) is 0 Å². The van der Waals surface area contributed by atoms with Crippen LogP contribution in [0.5, 0.6) is 0 Å². The third-order valence-electron chi connectivity index (χ3n) is 4.77. The first-order valence-corrected chi connectivity index (χ1v) is 11.3. The van der Waals surface area contributed by atoms with Gasteiger partial charge in [0, 0.05) is 18.5 Å². The SMILES string of the molecule is Cc1ccccc1[C@@H]1CC(c2cccc(NS(C)(=O)=O)c2)=NN1C(=O)CCC(=O)O. The summed E-state index contributed by atoms with van der Waals surface area (Å²) in [7, 11) is -3.43. The van der Waals surface area contributed by atoms with Crippen LogP contribution in [0.4, 0.5) is 5.69 Å². The molecule has 1 atom stereocenters. The number of nitrogens with zero attached hydrogens (tertiary/aromatic N) is 2. The van der Waals surface area contributed by atoms with Crippen LogP contribution in [0.25, 0.3) is 0 Å². The second kappa shape index (κ2) is 8.66. The Labute approximate surface area is 175 Å². The predicted octanol–water partition coefficient (Wildman–Crippen LogP) is 2.91. The number of carbonyl (C=O) groups excluding carboxylic acids is 1. The van der Waals surface area contributed by atoms with Crippen LogP contribution in [-0.4, -0.2) is 42.4 Å². The van der Waals surface area contributed by atoms with Crippen molar-refractivity contribution in [2.24, 2.45) is 5.10 Å². The Morgan fingerprint density at radius 2 is 1.90 bits per heavy atom. The Morgan fingerprint density at radius 3 is 2.57 bits per heavy atom. The zero-order chi connectivity index (χ0) is 21.9. The zero-order valence-electron chi connectivity index (χ0n) is 16.7. The number of hydrogen-bond donors (Lipinski definition) is 2. The number of hydrogen-bond acceptors (Lipinski definition) is 5. The number of hydrazone groups is 1. The Kier molecular flexibility index (Phi) is 6.21. The molecule has 2 aromatic carbocycles. The molecule has 0 aromatic heterocycles. The lowest BCUT2D eigenvalue weighted by atomic mass is 9.95. The summed E-state index contributed by atoms with van der Waals surface area (Å²) < 4.78 is 25.5. The molecule has 8 nitrogen and oxygen atoms in total. The predicted molar refractivity (Wildman–Crippen MR) is 114 cm³/mol. The maximum atomic E-state index is 12.7. The molecule has 30 heavy (non-hydrogen) atoms. The Bertz CT molecular complexity index is 1110. The number of benzene rings is 2. The summed E-state index contributed by atoms with van der Waals surface area (Å²) in [5, 5.41) is 14.8. The average Bonchev–Trinajstić information content (AvgIpc) is 3.10. The van der Waals surface area contributed by atoms with E-state index in [0.29, 0.717) is 23.4 Å². The van der Waals surface area contributed by atoms with Gasteiger partial charge in [0.25, 0.3) is 0 Å². The number of rotatable bonds is 7. The molecule has 1 aliphatic heterocycles. The molecule has 2 N–H and O–H groups in total. The van der Waals surface area contributed by atoms with Gasteiger partial charge in [0.05, 0.1) is 24.4 Å². The van der Waals surface area contributed by atoms with E-state index in [2.05, 4.69) is 9.82 Å². The highest BCUT2D eigenvalue weighted by Gasteiger charge is 2.33. The quantitative estimate of drug-likeness (QED) is 0.702. The van der Waals surface area contributed by atoms with Crippen LogP contribution in [0.2, 0.25) is 0 Å². The molecular formula is C21H23N3O5S. The number of anilines is 1. The summed E-state index contributed by atoms with van der Waals surface area (Å²) in [6, 6.07) is 14.1.